The Morgan fingerprint density at radius 2 is 1.96 bits per heavy atom. The Kier molecular flexibility index (Phi) is 4.41. The summed E-state index contributed by atoms with van der Waals surface area (Å²) >= 11 is 0. The second kappa shape index (κ2) is 6.54. The van der Waals surface area contributed by atoms with Gasteiger partial charge >= 0.3 is 12.1 Å². The molecule has 1 N–H and O–H groups in total. The van der Waals surface area contributed by atoms with E-state index in [9.17, 15) is 22.8 Å². The summed E-state index contributed by atoms with van der Waals surface area (Å²) in [4.78, 5) is 24.1. The number of halogens is 3. The molecule has 0 atom stereocenters. The Morgan fingerprint density at radius 3 is 2.69 bits per heavy atom. The third-order valence-corrected chi connectivity index (χ3v) is 3.56. The number of amides is 1. The lowest BCUT2D eigenvalue weighted by Crippen LogP contribution is -2.25. The summed E-state index contributed by atoms with van der Waals surface area (Å²) in [5.74, 6) is -0.941. The highest BCUT2D eigenvalue weighted by Crippen LogP contribution is 2.26. The fourth-order valence-electron chi connectivity index (χ4n) is 2.37. The van der Waals surface area contributed by atoms with Gasteiger partial charge < -0.3 is 10.1 Å². The number of rotatable bonds is 4. The van der Waals surface area contributed by atoms with E-state index in [1.807, 2.05) is 0 Å². The van der Waals surface area contributed by atoms with Crippen LogP contribution in [-0.2, 0) is 13.6 Å². The van der Waals surface area contributed by atoms with E-state index in [-0.39, 0.29) is 23.4 Å². The van der Waals surface area contributed by atoms with Gasteiger partial charge in [0.25, 0.3) is 5.91 Å². The van der Waals surface area contributed by atoms with E-state index >= 15 is 0 Å². The van der Waals surface area contributed by atoms with Gasteiger partial charge in [-0.3, -0.25) is 4.79 Å². The summed E-state index contributed by atoms with van der Waals surface area (Å²) in [6.07, 6.45) is -3.51. The van der Waals surface area contributed by atoms with E-state index in [4.69, 9.17) is 0 Å². The zero-order chi connectivity index (χ0) is 18.9. The second-order valence-corrected chi connectivity index (χ2v) is 5.39. The van der Waals surface area contributed by atoms with Gasteiger partial charge in [-0.15, -0.1) is 13.2 Å². The molecule has 3 rings (SSSR count). The summed E-state index contributed by atoms with van der Waals surface area (Å²) in [7, 11) is 1.48. The number of hydrogen-bond acceptors (Lipinski definition) is 4. The minimum Gasteiger partial charge on any atom is -0.405 e. The van der Waals surface area contributed by atoms with Gasteiger partial charge in [-0.1, -0.05) is 18.2 Å². The number of fused-ring (bicyclic) bond motifs is 1. The third kappa shape index (κ3) is 3.68. The molecule has 7 nitrogen and oxygen atoms in total. The van der Waals surface area contributed by atoms with Crippen molar-refractivity contribution in [2.24, 2.45) is 7.05 Å². The lowest BCUT2D eigenvalue weighted by Gasteiger charge is -2.13. The zero-order valence-electron chi connectivity index (χ0n) is 13.4. The van der Waals surface area contributed by atoms with Crippen LogP contribution in [0.5, 0.6) is 5.75 Å². The topological polar surface area (TPSA) is 77.6 Å². The van der Waals surface area contributed by atoms with Crippen molar-refractivity contribution in [1.82, 2.24) is 19.5 Å². The molecule has 2 aromatic heterocycles. The molecule has 3 aromatic rings. The van der Waals surface area contributed by atoms with Crippen LogP contribution in [-0.4, -0.2) is 26.5 Å². The average molecular weight is 366 g/mol. The van der Waals surface area contributed by atoms with Crippen LogP contribution in [0.4, 0.5) is 13.2 Å². The predicted molar refractivity (Wildman–Crippen MR) is 84.7 cm³/mol. The second-order valence-electron chi connectivity index (χ2n) is 5.39. The van der Waals surface area contributed by atoms with Crippen LogP contribution in [0.15, 0.2) is 47.4 Å². The van der Waals surface area contributed by atoms with Crippen LogP contribution >= 0.6 is 0 Å². The van der Waals surface area contributed by atoms with Crippen molar-refractivity contribution in [2.45, 2.75) is 12.9 Å². The number of hydrogen-bond donors (Lipinski definition) is 1. The van der Waals surface area contributed by atoms with E-state index < -0.39 is 18.0 Å². The Hall–Kier alpha value is -3.30. The van der Waals surface area contributed by atoms with Crippen molar-refractivity contribution in [2.75, 3.05) is 0 Å². The van der Waals surface area contributed by atoms with Crippen LogP contribution < -0.4 is 15.7 Å². The van der Waals surface area contributed by atoms with Gasteiger partial charge in [0.1, 0.15) is 5.75 Å². The Morgan fingerprint density at radius 1 is 1.23 bits per heavy atom. The zero-order valence-corrected chi connectivity index (χ0v) is 13.4. The van der Waals surface area contributed by atoms with Crippen molar-refractivity contribution < 1.29 is 22.7 Å². The van der Waals surface area contributed by atoms with Gasteiger partial charge in [-0.25, -0.2) is 13.9 Å². The first-order valence-electron chi connectivity index (χ1n) is 7.42. The minimum atomic E-state index is -4.83. The summed E-state index contributed by atoms with van der Waals surface area (Å²) in [6, 6.07) is 8.47. The van der Waals surface area contributed by atoms with Gasteiger partial charge in [0, 0.05) is 25.4 Å². The monoisotopic (exact) mass is 366 g/mol. The summed E-state index contributed by atoms with van der Waals surface area (Å²) in [6.45, 7) is -0.176. The maximum atomic E-state index is 12.4. The molecule has 0 unspecified atom stereocenters. The number of ether oxygens (including phenoxy) is 1. The fraction of sp³-hybridized carbons (Fsp3) is 0.188. The average Bonchev–Trinajstić information content (AvgIpc) is 2.86. The number of nitrogens with zero attached hydrogens (tertiary/aromatic N) is 3. The maximum Gasteiger partial charge on any atom is 0.573 e. The van der Waals surface area contributed by atoms with E-state index in [2.05, 4.69) is 15.2 Å². The van der Waals surface area contributed by atoms with E-state index in [0.717, 1.165) is 10.7 Å². The van der Waals surface area contributed by atoms with Gasteiger partial charge in [-0.05, 0) is 18.2 Å². The molecule has 0 aliphatic rings. The van der Waals surface area contributed by atoms with Gasteiger partial charge in [0.2, 0.25) is 0 Å². The van der Waals surface area contributed by atoms with Crippen molar-refractivity contribution >= 4 is 11.6 Å². The molecule has 1 amide bonds. The number of carbonyl (C=O) groups excluding carboxylic acids is 1. The van der Waals surface area contributed by atoms with E-state index in [1.54, 1.807) is 0 Å². The molecule has 0 radical (unpaired) electrons. The molecule has 0 spiro atoms. The number of aromatic nitrogens is 3. The summed E-state index contributed by atoms with van der Waals surface area (Å²) < 4.78 is 43.5. The normalized spacial score (nSPS) is 11.5. The molecule has 136 valence electrons. The lowest BCUT2D eigenvalue weighted by molar-refractivity contribution is -0.274. The molecular formula is C16H13F3N4O3. The quantitative estimate of drug-likeness (QED) is 0.765. The molecule has 0 fully saturated rings. The first-order valence-corrected chi connectivity index (χ1v) is 7.42. The lowest BCUT2D eigenvalue weighted by atomic mass is 10.2. The van der Waals surface area contributed by atoms with Crippen molar-refractivity contribution in [1.29, 1.82) is 0 Å². The molecule has 26 heavy (non-hydrogen) atoms. The van der Waals surface area contributed by atoms with E-state index in [1.165, 1.54) is 48.0 Å². The predicted octanol–water partition coefficient (Wildman–Crippen LogP) is 1.86. The number of pyridine rings is 1. The highest BCUT2D eigenvalue weighted by atomic mass is 19.4. The molecule has 0 bridgehead atoms. The van der Waals surface area contributed by atoms with Crippen LogP contribution in [0.25, 0.3) is 5.65 Å². The number of aryl methyl sites for hydroxylation is 1. The fourth-order valence-corrected chi connectivity index (χ4v) is 2.37. The largest absolute Gasteiger partial charge is 0.573 e. The first-order chi connectivity index (χ1) is 12.2. The third-order valence-electron chi connectivity index (χ3n) is 3.56. The van der Waals surface area contributed by atoms with Crippen molar-refractivity contribution in [3.05, 3.63) is 64.2 Å². The molecule has 0 saturated heterocycles. The summed E-state index contributed by atoms with van der Waals surface area (Å²) in [5.41, 5.74) is 0.288. The number of alkyl halides is 3. The highest BCUT2D eigenvalue weighted by molar-refractivity contribution is 5.94. The molecule has 10 heteroatoms. The standard InChI is InChI=1S/C16H13F3N4O3/c1-22-15(25)23-9-11(6-7-13(23)21-22)14(24)20-8-10-4-2-3-5-12(10)26-16(17,18)19/h2-7,9H,8H2,1H3,(H,20,24). The molecule has 1 aromatic carbocycles. The molecule has 0 saturated carbocycles. The van der Waals surface area contributed by atoms with Gasteiger partial charge in [0.15, 0.2) is 5.65 Å². The van der Waals surface area contributed by atoms with E-state index in [0.29, 0.717) is 5.65 Å². The number of carbonyl (C=O) groups is 1. The highest BCUT2D eigenvalue weighted by Gasteiger charge is 2.32. The SMILES string of the molecule is Cn1nc2ccc(C(=O)NCc3ccccc3OC(F)(F)F)cn2c1=O. The Labute approximate surface area is 144 Å². The Balaban J connectivity index is 1.77. The van der Waals surface area contributed by atoms with Crippen LogP contribution in [0.3, 0.4) is 0 Å². The molecule has 0 aliphatic heterocycles. The Bertz CT molecular complexity index is 1020. The van der Waals surface area contributed by atoms with Crippen LogP contribution in [0, 0.1) is 0 Å². The number of nitrogens with one attached hydrogen (secondary N) is 1. The molecular weight excluding hydrogens is 353 g/mol. The molecule has 0 aliphatic carbocycles. The van der Waals surface area contributed by atoms with Crippen molar-refractivity contribution in [3.8, 4) is 5.75 Å². The number of benzene rings is 1. The maximum absolute atomic E-state index is 12.4. The number of para-hydroxylation sites is 1. The summed E-state index contributed by atoms with van der Waals surface area (Å²) in [5, 5.41) is 6.47. The van der Waals surface area contributed by atoms with Gasteiger partial charge in [-0.2, -0.15) is 5.10 Å². The first kappa shape index (κ1) is 17.5. The molecule has 2 heterocycles. The van der Waals surface area contributed by atoms with Crippen LogP contribution in [0.2, 0.25) is 0 Å². The van der Waals surface area contributed by atoms with Crippen molar-refractivity contribution in [3.63, 3.8) is 0 Å². The minimum absolute atomic E-state index is 0.165. The van der Waals surface area contributed by atoms with Crippen LogP contribution in [0.1, 0.15) is 15.9 Å². The van der Waals surface area contributed by atoms with Gasteiger partial charge in [0.05, 0.1) is 5.56 Å². The smallest absolute Gasteiger partial charge is 0.405 e.